The van der Waals surface area contributed by atoms with Crippen molar-refractivity contribution in [3.8, 4) is 0 Å². The van der Waals surface area contributed by atoms with Crippen LogP contribution < -0.4 is 4.72 Å². The zero-order chi connectivity index (χ0) is 14.0. The van der Waals surface area contributed by atoms with Crippen LogP contribution in [0.15, 0.2) is 23.1 Å². The minimum atomic E-state index is -3.71. The Kier molecular flexibility index (Phi) is 3.88. The first-order valence-corrected chi connectivity index (χ1v) is 7.32. The van der Waals surface area contributed by atoms with Crippen molar-refractivity contribution in [1.29, 1.82) is 0 Å². The number of carboxylic acids is 1. The van der Waals surface area contributed by atoms with Gasteiger partial charge in [0.05, 0.1) is 17.1 Å². The Morgan fingerprint density at radius 2 is 2.21 bits per heavy atom. The van der Waals surface area contributed by atoms with Gasteiger partial charge in [0, 0.05) is 12.6 Å². The highest BCUT2D eigenvalue weighted by molar-refractivity contribution is 7.89. The Morgan fingerprint density at radius 3 is 2.79 bits per heavy atom. The van der Waals surface area contributed by atoms with Crippen LogP contribution in [0.25, 0.3) is 0 Å². The lowest BCUT2D eigenvalue weighted by molar-refractivity contribution is 0.0696. The molecule has 1 fully saturated rings. The van der Waals surface area contributed by atoms with Crippen LogP contribution >= 0.6 is 0 Å². The summed E-state index contributed by atoms with van der Waals surface area (Å²) in [6.45, 7) is 2.50. The summed E-state index contributed by atoms with van der Waals surface area (Å²) in [5.41, 5.74) is 0.515. The van der Waals surface area contributed by atoms with E-state index in [-0.39, 0.29) is 16.5 Å². The molecule has 2 rings (SSSR count). The SMILES string of the molecule is Cc1ccc(S(=O)(=O)NC2CCOC2)cc1C(=O)O. The topological polar surface area (TPSA) is 92.7 Å². The third-order valence-corrected chi connectivity index (χ3v) is 4.52. The molecule has 0 bridgehead atoms. The quantitative estimate of drug-likeness (QED) is 0.852. The van der Waals surface area contributed by atoms with Crippen molar-refractivity contribution in [1.82, 2.24) is 4.72 Å². The summed E-state index contributed by atoms with van der Waals surface area (Å²) in [6.07, 6.45) is 0.622. The minimum absolute atomic E-state index is 0.00875. The lowest BCUT2D eigenvalue weighted by atomic mass is 10.1. The maximum atomic E-state index is 12.1. The lowest BCUT2D eigenvalue weighted by Gasteiger charge is -2.12. The number of sulfonamides is 1. The molecule has 0 amide bonds. The van der Waals surface area contributed by atoms with E-state index < -0.39 is 16.0 Å². The monoisotopic (exact) mass is 285 g/mol. The Hall–Kier alpha value is -1.44. The molecule has 1 atom stereocenters. The molecule has 0 radical (unpaired) electrons. The van der Waals surface area contributed by atoms with E-state index in [9.17, 15) is 13.2 Å². The normalized spacial score (nSPS) is 19.5. The fourth-order valence-electron chi connectivity index (χ4n) is 1.91. The standard InChI is InChI=1S/C12H15NO5S/c1-8-2-3-10(6-11(8)12(14)15)19(16,17)13-9-4-5-18-7-9/h2-3,6,9,13H,4-5,7H2,1H3,(H,14,15). The highest BCUT2D eigenvalue weighted by atomic mass is 32.2. The van der Waals surface area contributed by atoms with E-state index in [2.05, 4.69) is 4.72 Å². The van der Waals surface area contributed by atoms with Crippen molar-refractivity contribution in [2.45, 2.75) is 24.3 Å². The maximum Gasteiger partial charge on any atom is 0.335 e. The first-order chi connectivity index (χ1) is 8.90. The molecule has 1 saturated heterocycles. The van der Waals surface area contributed by atoms with E-state index in [1.54, 1.807) is 6.92 Å². The van der Waals surface area contributed by atoms with Gasteiger partial charge in [0.2, 0.25) is 10.0 Å². The van der Waals surface area contributed by atoms with Crippen LogP contribution in [0.2, 0.25) is 0 Å². The number of aromatic carboxylic acids is 1. The second-order valence-electron chi connectivity index (χ2n) is 4.46. The van der Waals surface area contributed by atoms with Gasteiger partial charge in [-0.2, -0.15) is 0 Å². The third kappa shape index (κ3) is 3.12. The number of hydrogen-bond donors (Lipinski definition) is 2. The fraction of sp³-hybridized carbons (Fsp3) is 0.417. The first-order valence-electron chi connectivity index (χ1n) is 5.84. The number of ether oxygens (including phenoxy) is 1. The molecule has 0 saturated carbocycles. The molecule has 0 spiro atoms. The molecular formula is C12H15NO5S. The molecular weight excluding hydrogens is 270 g/mol. The van der Waals surface area contributed by atoms with Gasteiger partial charge in [-0.25, -0.2) is 17.9 Å². The van der Waals surface area contributed by atoms with Gasteiger partial charge in [-0.1, -0.05) is 6.07 Å². The highest BCUT2D eigenvalue weighted by Crippen LogP contribution is 2.17. The van der Waals surface area contributed by atoms with E-state index in [0.29, 0.717) is 25.2 Å². The number of carbonyl (C=O) groups is 1. The second-order valence-corrected chi connectivity index (χ2v) is 6.18. The average molecular weight is 285 g/mol. The molecule has 1 aromatic rings. The van der Waals surface area contributed by atoms with Crippen molar-refractivity contribution in [3.05, 3.63) is 29.3 Å². The van der Waals surface area contributed by atoms with Gasteiger partial charge in [-0.05, 0) is 31.0 Å². The number of nitrogens with one attached hydrogen (secondary N) is 1. The molecule has 1 aromatic carbocycles. The maximum absolute atomic E-state index is 12.1. The number of hydrogen-bond acceptors (Lipinski definition) is 4. The Labute approximate surface area is 111 Å². The summed E-state index contributed by atoms with van der Waals surface area (Å²) in [7, 11) is -3.71. The summed E-state index contributed by atoms with van der Waals surface area (Å²) < 4.78 is 31.8. The molecule has 0 aromatic heterocycles. The van der Waals surface area contributed by atoms with E-state index >= 15 is 0 Å². The summed E-state index contributed by atoms with van der Waals surface area (Å²) in [4.78, 5) is 11.0. The molecule has 2 N–H and O–H groups in total. The zero-order valence-electron chi connectivity index (χ0n) is 10.4. The van der Waals surface area contributed by atoms with E-state index in [1.807, 2.05) is 0 Å². The molecule has 7 heteroatoms. The minimum Gasteiger partial charge on any atom is -0.478 e. The van der Waals surface area contributed by atoms with E-state index in [4.69, 9.17) is 9.84 Å². The smallest absolute Gasteiger partial charge is 0.335 e. The van der Waals surface area contributed by atoms with Gasteiger partial charge in [-0.15, -0.1) is 0 Å². The van der Waals surface area contributed by atoms with Crippen LogP contribution in [-0.4, -0.2) is 38.7 Å². The highest BCUT2D eigenvalue weighted by Gasteiger charge is 2.24. The van der Waals surface area contributed by atoms with Gasteiger partial charge in [0.1, 0.15) is 0 Å². The molecule has 0 aliphatic carbocycles. The summed E-state index contributed by atoms with van der Waals surface area (Å²) >= 11 is 0. The molecule has 104 valence electrons. The van der Waals surface area contributed by atoms with E-state index in [0.717, 1.165) is 0 Å². The van der Waals surface area contributed by atoms with Crippen LogP contribution in [0.1, 0.15) is 22.3 Å². The van der Waals surface area contributed by atoms with Crippen molar-refractivity contribution < 1.29 is 23.1 Å². The first kappa shape index (κ1) is 14.0. The molecule has 1 heterocycles. The second kappa shape index (κ2) is 5.28. The zero-order valence-corrected chi connectivity index (χ0v) is 11.2. The molecule has 19 heavy (non-hydrogen) atoms. The fourth-order valence-corrected chi connectivity index (χ4v) is 3.19. The van der Waals surface area contributed by atoms with Gasteiger partial charge in [-0.3, -0.25) is 0 Å². The van der Waals surface area contributed by atoms with Crippen LogP contribution in [-0.2, 0) is 14.8 Å². The third-order valence-electron chi connectivity index (χ3n) is 3.00. The Bertz CT molecular complexity index is 590. The summed E-state index contributed by atoms with van der Waals surface area (Å²) in [6, 6.07) is 3.82. The molecule has 1 aliphatic heterocycles. The van der Waals surface area contributed by atoms with Gasteiger partial charge in [0.25, 0.3) is 0 Å². The summed E-state index contributed by atoms with van der Waals surface area (Å²) in [5.74, 6) is -1.14. The molecule has 1 unspecified atom stereocenters. The van der Waals surface area contributed by atoms with Gasteiger partial charge < -0.3 is 9.84 Å². The van der Waals surface area contributed by atoms with Crippen molar-refractivity contribution >= 4 is 16.0 Å². The predicted molar refractivity (Wildman–Crippen MR) is 67.7 cm³/mol. The van der Waals surface area contributed by atoms with Crippen LogP contribution in [0.5, 0.6) is 0 Å². The summed E-state index contributed by atoms with van der Waals surface area (Å²) in [5, 5.41) is 9.00. The Morgan fingerprint density at radius 1 is 1.47 bits per heavy atom. The van der Waals surface area contributed by atoms with Gasteiger partial charge >= 0.3 is 5.97 Å². The van der Waals surface area contributed by atoms with E-state index in [1.165, 1.54) is 18.2 Å². The number of benzene rings is 1. The van der Waals surface area contributed by atoms with Crippen molar-refractivity contribution in [2.24, 2.45) is 0 Å². The molecule has 1 aliphatic rings. The predicted octanol–water partition coefficient (Wildman–Crippen LogP) is 0.760. The van der Waals surface area contributed by atoms with Crippen molar-refractivity contribution in [3.63, 3.8) is 0 Å². The number of aryl methyl sites for hydroxylation is 1. The van der Waals surface area contributed by atoms with Crippen LogP contribution in [0.4, 0.5) is 0 Å². The lowest BCUT2D eigenvalue weighted by Crippen LogP contribution is -2.35. The number of carboxylic acid groups (broad SMARTS) is 1. The Balaban J connectivity index is 2.29. The molecule has 6 nitrogen and oxygen atoms in total. The largest absolute Gasteiger partial charge is 0.478 e. The van der Waals surface area contributed by atoms with Crippen LogP contribution in [0, 0.1) is 6.92 Å². The van der Waals surface area contributed by atoms with Gasteiger partial charge in [0.15, 0.2) is 0 Å². The number of rotatable bonds is 4. The average Bonchev–Trinajstić information content (AvgIpc) is 2.80. The van der Waals surface area contributed by atoms with Crippen molar-refractivity contribution in [2.75, 3.05) is 13.2 Å². The van der Waals surface area contributed by atoms with Crippen LogP contribution in [0.3, 0.4) is 0 Å².